The normalized spacial score (nSPS) is 14.4. The molecule has 1 aromatic carbocycles. The second kappa shape index (κ2) is 3.16. The number of nitro groups is 1. The zero-order valence-electron chi connectivity index (χ0n) is 7.43. The number of esters is 1. The highest BCUT2D eigenvalue weighted by atomic mass is 16.6. The Morgan fingerprint density at radius 2 is 2.07 bits per heavy atom. The van der Waals surface area contributed by atoms with E-state index in [0.29, 0.717) is 0 Å². The van der Waals surface area contributed by atoms with E-state index in [1.54, 1.807) is 0 Å². The monoisotopic (exact) mass is 207 g/mol. The Balaban J connectivity index is 2.72. The molecule has 0 fully saturated rings. The maximum atomic E-state index is 11.3. The van der Waals surface area contributed by atoms with Crippen molar-refractivity contribution in [1.82, 2.24) is 0 Å². The van der Waals surface area contributed by atoms with E-state index in [9.17, 15) is 19.7 Å². The lowest BCUT2D eigenvalue weighted by molar-refractivity contribution is -0.385. The molecule has 0 unspecified atom stereocenters. The number of rotatable bonds is 1. The van der Waals surface area contributed by atoms with Crippen molar-refractivity contribution in [3.8, 4) is 0 Å². The number of hydrogen-bond acceptors (Lipinski definition) is 5. The fourth-order valence-corrected chi connectivity index (χ4v) is 1.42. The van der Waals surface area contributed by atoms with Crippen LogP contribution in [0.1, 0.15) is 20.7 Å². The summed E-state index contributed by atoms with van der Waals surface area (Å²) >= 11 is 0. The summed E-state index contributed by atoms with van der Waals surface area (Å²) in [5.41, 5.74) is -0.593. The highest BCUT2D eigenvalue weighted by molar-refractivity contribution is 6.12. The standard InChI is InChI=1S/C9H5NO5/c11-7-4-15-9(12)8-5(7)2-1-3-6(8)10(13)14/h1-3H,4H2. The Kier molecular flexibility index (Phi) is 1.96. The van der Waals surface area contributed by atoms with Gasteiger partial charge in [-0.1, -0.05) is 6.07 Å². The number of Topliss-reactive ketones (excluding diaryl/α,β-unsaturated/α-hetero) is 1. The van der Waals surface area contributed by atoms with Gasteiger partial charge in [-0.25, -0.2) is 4.79 Å². The second-order valence-corrected chi connectivity index (χ2v) is 2.96. The molecule has 0 aliphatic carbocycles. The van der Waals surface area contributed by atoms with Gasteiger partial charge in [-0.15, -0.1) is 0 Å². The zero-order valence-corrected chi connectivity index (χ0v) is 7.43. The minimum atomic E-state index is -0.822. The van der Waals surface area contributed by atoms with Crippen LogP contribution in [0.5, 0.6) is 0 Å². The third kappa shape index (κ3) is 1.35. The van der Waals surface area contributed by atoms with Gasteiger partial charge in [-0.2, -0.15) is 0 Å². The first-order chi connectivity index (χ1) is 7.11. The number of carbonyl (C=O) groups excluding carboxylic acids is 2. The topological polar surface area (TPSA) is 86.5 Å². The van der Waals surface area contributed by atoms with Crippen molar-refractivity contribution >= 4 is 17.4 Å². The van der Waals surface area contributed by atoms with Crippen LogP contribution in [0.4, 0.5) is 5.69 Å². The van der Waals surface area contributed by atoms with Gasteiger partial charge in [0.15, 0.2) is 6.61 Å². The highest BCUT2D eigenvalue weighted by Crippen LogP contribution is 2.26. The molecule has 76 valence electrons. The minimum Gasteiger partial charge on any atom is -0.453 e. The van der Waals surface area contributed by atoms with Gasteiger partial charge in [0.1, 0.15) is 5.56 Å². The van der Waals surface area contributed by atoms with Crippen molar-refractivity contribution < 1.29 is 19.2 Å². The number of hydrogen-bond donors (Lipinski definition) is 0. The average Bonchev–Trinajstić information content (AvgIpc) is 2.23. The van der Waals surface area contributed by atoms with Gasteiger partial charge in [0, 0.05) is 11.6 Å². The van der Waals surface area contributed by atoms with E-state index in [-0.39, 0.29) is 17.7 Å². The smallest absolute Gasteiger partial charge is 0.346 e. The molecule has 0 spiro atoms. The maximum absolute atomic E-state index is 11.3. The van der Waals surface area contributed by atoms with Crippen molar-refractivity contribution in [2.45, 2.75) is 0 Å². The number of ketones is 1. The first-order valence-corrected chi connectivity index (χ1v) is 4.09. The molecule has 1 aliphatic heterocycles. The van der Waals surface area contributed by atoms with E-state index in [2.05, 4.69) is 4.74 Å². The zero-order chi connectivity index (χ0) is 11.0. The largest absolute Gasteiger partial charge is 0.453 e. The third-order valence-electron chi connectivity index (χ3n) is 2.08. The van der Waals surface area contributed by atoms with Crippen molar-refractivity contribution in [1.29, 1.82) is 0 Å². The predicted molar refractivity (Wildman–Crippen MR) is 47.7 cm³/mol. The van der Waals surface area contributed by atoms with E-state index in [1.807, 2.05) is 0 Å². The summed E-state index contributed by atoms with van der Waals surface area (Å²) in [6.45, 7) is -0.354. The predicted octanol–water partition coefficient (Wildman–Crippen LogP) is 0.948. The quantitative estimate of drug-likeness (QED) is 0.388. The molecule has 0 saturated carbocycles. The first kappa shape index (κ1) is 9.32. The van der Waals surface area contributed by atoms with Crippen LogP contribution in [0, 0.1) is 10.1 Å². The van der Waals surface area contributed by atoms with Crippen LogP contribution in [0.3, 0.4) is 0 Å². The molecule has 0 amide bonds. The lowest BCUT2D eigenvalue weighted by Gasteiger charge is -2.13. The van der Waals surface area contributed by atoms with Gasteiger partial charge in [-0.3, -0.25) is 14.9 Å². The van der Waals surface area contributed by atoms with Gasteiger partial charge in [0.25, 0.3) is 5.69 Å². The SMILES string of the molecule is O=C1COC(=O)c2c1cccc2[N+](=O)[O-]. The van der Waals surface area contributed by atoms with Gasteiger partial charge in [0.05, 0.1) is 4.92 Å². The molecule has 15 heavy (non-hydrogen) atoms. The number of carbonyl (C=O) groups is 2. The minimum absolute atomic E-state index is 0.0560. The highest BCUT2D eigenvalue weighted by Gasteiger charge is 2.32. The lowest BCUT2D eigenvalue weighted by atomic mass is 10.0. The van der Waals surface area contributed by atoms with Crippen LogP contribution in [0.2, 0.25) is 0 Å². The molecular weight excluding hydrogens is 202 g/mol. The molecule has 1 heterocycles. The number of nitro benzene ring substituents is 1. The summed E-state index contributed by atoms with van der Waals surface area (Å²) in [7, 11) is 0. The van der Waals surface area contributed by atoms with Crippen LogP contribution >= 0.6 is 0 Å². The number of ether oxygens (including phenoxy) is 1. The number of fused-ring (bicyclic) bond motifs is 1. The van der Waals surface area contributed by atoms with Crippen LogP contribution in [-0.2, 0) is 4.74 Å². The second-order valence-electron chi connectivity index (χ2n) is 2.96. The van der Waals surface area contributed by atoms with Crippen LogP contribution in [0.25, 0.3) is 0 Å². The molecular formula is C9H5NO5. The molecule has 6 heteroatoms. The Bertz CT molecular complexity index is 465. The summed E-state index contributed by atoms with van der Waals surface area (Å²) in [6, 6.07) is 3.91. The first-order valence-electron chi connectivity index (χ1n) is 4.09. The summed E-state index contributed by atoms with van der Waals surface area (Å²) in [4.78, 5) is 32.5. The van der Waals surface area contributed by atoms with Crippen LogP contribution in [-0.4, -0.2) is 23.3 Å². The summed E-state index contributed by atoms with van der Waals surface area (Å²) in [5, 5.41) is 10.6. The van der Waals surface area contributed by atoms with Gasteiger partial charge >= 0.3 is 5.97 Å². The molecule has 0 bridgehead atoms. The molecule has 6 nitrogen and oxygen atoms in total. The van der Waals surface area contributed by atoms with Gasteiger partial charge in [-0.05, 0) is 6.07 Å². The van der Waals surface area contributed by atoms with Crippen LogP contribution in [0.15, 0.2) is 18.2 Å². The molecule has 2 rings (SSSR count). The Labute approximate surface area is 83.6 Å². The number of nitrogens with zero attached hydrogens (tertiary/aromatic N) is 1. The summed E-state index contributed by atoms with van der Waals surface area (Å²) in [5.74, 6) is -1.25. The fourth-order valence-electron chi connectivity index (χ4n) is 1.42. The number of benzene rings is 1. The Hall–Kier alpha value is -2.24. The number of cyclic esters (lactones) is 1. The van der Waals surface area contributed by atoms with Crippen LogP contribution < -0.4 is 0 Å². The Morgan fingerprint density at radius 1 is 1.33 bits per heavy atom. The summed E-state index contributed by atoms with van der Waals surface area (Å²) in [6.07, 6.45) is 0. The summed E-state index contributed by atoms with van der Waals surface area (Å²) < 4.78 is 4.51. The van der Waals surface area contributed by atoms with Gasteiger partial charge in [0.2, 0.25) is 5.78 Å². The molecule has 1 aliphatic rings. The molecule has 0 saturated heterocycles. The molecule has 0 aromatic heterocycles. The van der Waals surface area contributed by atoms with E-state index in [4.69, 9.17) is 0 Å². The lowest BCUT2D eigenvalue weighted by Crippen LogP contribution is -2.24. The van der Waals surface area contributed by atoms with E-state index in [0.717, 1.165) is 0 Å². The van der Waals surface area contributed by atoms with Gasteiger partial charge < -0.3 is 4.74 Å². The van der Waals surface area contributed by atoms with E-state index < -0.39 is 22.4 Å². The molecule has 1 aromatic rings. The molecule has 0 radical (unpaired) electrons. The van der Waals surface area contributed by atoms with Crippen molar-refractivity contribution in [2.24, 2.45) is 0 Å². The average molecular weight is 207 g/mol. The van der Waals surface area contributed by atoms with Crippen molar-refractivity contribution in [2.75, 3.05) is 6.61 Å². The maximum Gasteiger partial charge on any atom is 0.346 e. The Morgan fingerprint density at radius 3 is 2.73 bits per heavy atom. The molecule has 0 N–H and O–H groups in total. The van der Waals surface area contributed by atoms with E-state index in [1.165, 1.54) is 18.2 Å². The molecule has 0 atom stereocenters. The fraction of sp³-hybridized carbons (Fsp3) is 0.111. The third-order valence-corrected chi connectivity index (χ3v) is 2.08. The van der Waals surface area contributed by atoms with Crippen molar-refractivity contribution in [3.05, 3.63) is 39.4 Å². The van der Waals surface area contributed by atoms with Crippen molar-refractivity contribution in [3.63, 3.8) is 0 Å². The van der Waals surface area contributed by atoms with E-state index >= 15 is 0 Å².